The molecule has 2 heterocycles. The van der Waals surface area contributed by atoms with Crippen LogP contribution < -0.4 is 0 Å². The van der Waals surface area contributed by atoms with Gasteiger partial charge in [-0.1, -0.05) is 115 Å². The number of hydrogen-bond acceptors (Lipinski definition) is 0. The first-order valence-corrected chi connectivity index (χ1v) is 15.9. The van der Waals surface area contributed by atoms with Crippen molar-refractivity contribution < 1.29 is 0 Å². The lowest BCUT2D eigenvalue weighted by molar-refractivity contribution is 1.17. The smallest absolute Gasteiger partial charge is 0.0562 e. The fraction of sp³-hybridized carbons (Fsp3) is 0. The highest BCUT2D eigenvalue weighted by Crippen LogP contribution is 2.40. The van der Waals surface area contributed by atoms with Crippen LogP contribution in [0.1, 0.15) is 0 Å². The third-order valence-electron chi connectivity index (χ3n) is 9.65. The van der Waals surface area contributed by atoms with E-state index in [1.54, 1.807) is 0 Å². The molecule has 214 valence electrons. The molecule has 46 heavy (non-hydrogen) atoms. The standard InChI is InChI=1S/C44H28N2/c1-2-10-29(11-3-1)32-18-19-34-26-36(23-21-33(34)24-32)46-42-17-9-7-15-38(42)40-27-39-37-14-6-8-16-41(37)45(43(39)28-44(40)46)35-22-20-30-12-4-5-13-31(30)25-35/h1-28H. The Hall–Kier alpha value is -6.12. The lowest BCUT2D eigenvalue weighted by atomic mass is 10.0. The number of rotatable bonds is 3. The van der Waals surface area contributed by atoms with Gasteiger partial charge in [-0.3, -0.25) is 0 Å². The van der Waals surface area contributed by atoms with Gasteiger partial charge in [-0.15, -0.1) is 0 Å². The molecule has 0 saturated heterocycles. The largest absolute Gasteiger partial charge is 0.309 e. The van der Waals surface area contributed by atoms with Crippen molar-refractivity contribution in [3.8, 4) is 22.5 Å². The van der Waals surface area contributed by atoms with Crippen LogP contribution in [0.5, 0.6) is 0 Å². The van der Waals surface area contributed by atoms with Crippen molar-refractivity contribution in [1.82, 2.24) is 9.13 Å². The van der Waals surface area contributed by atoms with Crippen molar-refractivity contribution in [1.29, 1.82) is 0 Å². The maximum Gasteiger partial charge on any atom is 0.0562 e. The predicted octanol–water partition coefficient (Wildman–Crippen LogP) is 11.9. The molecule has 0 unspecified atom stereocenters. The fourth-order valence-corrected chi connectivity index (χ4v) is 7.49. The zero-order valence-corrected chi connectivity index (χ0v) is 25.1. The normalized spacial score (nSPS) is 11.9. The molecule has 0 spiro atoms. The minimum Gasteiger partial charge on any atom is -0.309 e. The quantitative estimate of drug-likeness (QED) is 0.195. The van der Waals surface area contributed by atoms with E-state index in [-0.39, 0.29) is 0 Å². The Bertz CT molecular complexity index is 2800. The predicted molar refractivity (Wildman–Crippen MR) is 196 cm³/mol. The average molecular weight is 585 g/mol. The second-order valence-electron chi connectivity index (χ2n) is 12.2. The molecule has 10 rings (SSSR count). The first-order valence-electron chi connectivity index (χ1n) is 15.9. The number of para-hydroxylation sites is 2. The summed E-state index contributed by atoms with van der Waals surface area (Å²) in [5, 5.41) is 10.0. The van der Waals surface area contributed by atoms with Crippen molar-refractivity contribution in [2.75, 3.05) is 0 Å². The zero-order chi connectivity index (χ0) is 30.2. The van der Waals surface area contributed by atoms with Crippen LogP contribution in [0.25, 0.3) is 87.7 Å². The molecule has 0 aliphatic rings. The molecule has 2 heteroatoms. The summed E-state index contributed by atoms with van der Waals surface area (Å²) >= 11 is 0. The molecule has 0 aliphatic carbocycles. The van der Waals surface area contributed by atoms with Gasteiger partial charge in [0.2, 0.25) is 0 Å². The number of fused-ring (bicyclic) bond motifs is 8. The Morgan fingerprint density at radius 2 is 0.761 bits per heavy atom. The molecule has 2 aromatic heterocycles. The van der Waals surface area contributed by atoms with Crippen LogP contribution in [0.4, 0.5) is 0 Å². The first-order chi connectivity index (χ1) is 22.8. The molecule has 0 atom stereocenters. The Labute approximate surface area is 266 Å². The highest BCUT2D eigenvalue weighted by atomic mass is 15.0. The molecule has 0 aliphatic heterocycles. The van der Waals surface area contributed by atoms with Crippen LogP contribution in [-0.4, -0.2) is 9.13 Å². The number of hydrogen-bond donors (Lipinski definition) is 0. The van der Waals surface area contributed by atoms with Crippen molar-refractivity contribution in [3.05, 3.63) is 170 Å². The van der Waals surface area contributed by atoms with E-state index in [1.165, 1.54) is 87.7 Å². The molecule has 0 bridgehead atoms. The van der Waals surface area contributed by atoms with Gasteiger partial charge in [0.05, 0.1) is 22.1 Å². The Kier molecular flexibility index (Phi) is 5.31. The second kappa shape index (κ2) is 9.69. The Balaban J connectivity index is 1.25. The van der Waals surface area contributed by atoms with E-state index in [1.807, 2.05) is 0 Å². The van der Waals surface area contributed by atoms with Crippen LogP contribution in [-0.2, 0) is 0 Å². The summed E-state index contributed by atoms with van der Waals surface area (Å²) in [6, 6.07) is 62.1. The Morgan fingerprint density at radius 3 is 1.43 bits per heavy atom. The first kappa shape index (κ1) is 25.2. The molecule has 8 aromatic carbocycles. The molecular formula is C44H28N2. The molecule has 0 N–H and O–H groups in total. The highest BCUT2D eigenvalue weighted by Gasteiger charge is 2.18. The molecule has 0 fully saturated rings. The van der Waals surface area contributed by atoms with Crippen molar-refractivity contribution in [2.24, 2.45) is 0 Å². The van der Waals surface area contributed by atoms with Gasteiger partial charge in [0, 0.05) is 32.9 Å². The minimum absolute atomic E-state index is 1.17. The molecule has 2 nitrogen and oxygen atoms in total. The van der Waals surface area contributed by atoms with Gasteiger partial charge in [-0.2, -0.15) is 0 Å². The topological polar surface area (TPSA) is 9.86 Å². The number of aromatic nitrogens is 2. The maximum atomic E-state index is 2.44. The van der Waals surface area contributed by atoms with Gasteiger partial charge in [0.15, 0.2) is 0 Å². The van der Waals surface area contributed by atoms with Gasteiger partial charge >= 0.3 is 0 Å². The summed E-state index contributed by atoms with van der Waals surface area (Å²) in [6.07, 6.45) is 0. The minimum atomic E-state index is 1.17. The average Bonchev–Trinajstić information content (AvgIpc) is 3.62. The lowest BCUT2D eigenvalue weighted by Gasteiger charge is -2.12. The molecular weight excluding hydrogens is 556 g/mol. The van der Waals surface area contributed by atoms with Crippen molar-refractivity contribution in [2.45, 2.75) is 0 Å². The van der Waals surface area contributed by atoms with Gasteiger partial charge in [-0.25, -0.2) is 0 Å². The molecule has 10 aromatic rings. The second-order valence-corrected chi connectivity index (χ2v) is 12.2. The van der Waals surface area contributed by atoms with E-state index in [0.717, 1.165) is 0 Å². The van der Waals surface area contributed by atoms with E-state index in [9.17, 15) is 0 Å². The monoisotopic (exact) mass is 584 g/mol. The third kappa shape index (κ3) is 3.71. The summed E-state index contributed by atoms with van der Waals surface area (Å²) in [4.78, 5) is 0. The van der Waals surface area contributed by atoms with Crippen LogP contribution in [0.2, 0.25) is 0 Å². The Morgan fingerprint density at radius 1 is 0.261 bits per heavy atom. The third-order valence-corrected chi connectivity index (χ3v) is 9.65. The van der Waals surface area contributed by atoms with Crippen LogP contribution in [0.15, 0.2) is 170 Å². The van der Waals surface area contributed by atoms with Crippen LogP contribution in [0.3, 0.4) is 0 Å². The van der Waals surface area contributed by atoms with Gasteiger partial charge in [0.1, 0.15) is 0 Å². The fourth-order valence-electron chi connectivity index (χ4n) is 7.49. The van der Waals surface area contributed by atoms with E-state index >= 15 is 0 Å². The van der Waals surface area contributed by atoms with E-state index in [0.29, 0.717) is 0 Å². The van der Waals surface area contributed by atoms with Crippen molar-refractivity contribution >= 4 is 65.2 Å². The molecule has 0 radical (unpaired) electrons. The molecule has 0 amide bonds. The zero-order valence-electron chi connectivity index (χ0n) is 25.1. The maximum absolute atomic E-state index is 2.44. The summed E-state index contributed by atoms with van der Waals surface area (Å²) in [5.74, 6) is 0. The highest BCUT2D eigenvalue weighted by molar-refractivity contribution is 6.19. The summed E-state index contributed by atoms with van der Waals surface area (Å²) in [6.45, 7) is 0. The van der Waals surface area contributed by atoms with E-state index < -0.39 is 0 Å². The van der Waals surface area contributed by atoms with Gasteiger partial charge < -0.3 is 9.13 Å². The van der Waals surface area contributed by atoms with Crippen molar-refractivity contribution in [3.63, 3.8) is 0 Å². The van der Waals surface area contributed by atoms with E-state index in [2.05, 4.69) is 179 Å². The lowest BCUT2D eigenvalue weighted by Crippen LogP contribution is -1.96. The number of benzene rings is 8. The van der Waals surface area contributed by atoms with Gasteiger partial charge in [-0.05, 0) is 87.3 Å². The SMILES string of the molecule is c1ccc(-c2ccc3cc(-n4c5ccccc5c5cc6c7ccccc7n(-c7ccc8ccccc8c7)c6cc54)ccc3c2)cc1. The summed E-state index contributed by atoms with van der Waals surface area (Å²) < 4.78 is 4.88. The van der Waals surface area contributed by atoms with Gasteiger partial charge in [0.25, 0.3) is 0 Å². The van der Waals surface area contributed by atoms with E-state index in [4.69, 9.17) is 0 Å². The number of nitrogens with zero attached hydrogens (tertiary/aromatic N) is 2. The summed E-state index contributed by atoms with van der Waals surface area (Å²) in [5.41, 5.74) is 9.66. The van der Waals surface area contributed by atoms with Crippen LogP contribution in [0, 0.1) is 0 Å². The molecule has 0 saturated carbocycles. The summed E-state index contributed by atoms with van der Waals surface area (Å²) in [7, 11) is 0. The van der Waals surface area contributed by atoms with Crippen LogP contribution >= 0.6 is 0 Å².